The molecular formula is C14H21ClN3O2+. The minimum Gasteiger partial charge on any atom is -0.355 e. The number of nitrogens with one attached hydrogen (secondary N) is 2. The summed E-state index contributed by atoms with van der Waals surface area (Å²) in [5.41, 5.74) is 0.991. The lowest BCUT2D eigenvalue weighted by molar-refractivity contribution is -0.682. The Labute approximate surface area is 124 Å². The lowest BCUT2D eigenvalue weighted by Gasteiger charge is -2.12. The summed E-state index contributed by atoms with van der Waals surface area (Å²) in [5.74, 6) is -0.352. The zero-order chi connectivity index (χ0) is 15.0. The van der Waals surface area contributed by atoms with Crippen LogP contribution in [0.15, 0.2) is 24.3 Å². The van der Waals surface area contributed by atoms with Crippen LogP contribution >= 0.6 is 11.6 Å². The smallest absolute Gasteiger partial charge is 0.275 e. The Morgan fingerprint density at radius 3 is 2.60 bits per heavy atom. The van der Waals surface area contributed by atoms with Crippen molar-refractivity contribution in [1.82, 2.24) is 10.6 Å². The molecule has 0 heterocycles. The Hall–Kier alpha value is -1.59. The number of carbonyl (C=O) groups excluding carboxylic acids is 2. The third-order valence-corrected chi connectivity index (χ3v) is 3.22. The Balaban J connectivity index is 2.34. The van der Waals surface area contributed by atoms with Gasteiger partial charge in [0.2, 0.25) is 5.91 Å². The Morgan fingerprint density at radius 2 is 1.95 bits per heavy atom. The zero-order valence-corrected chi connectivity index (χ0v) is 12.5. The van der Waals surface area contributed by atoms with Crippen molar-refractivity contribution in [2.75, 3.05) is 19.6 Å². The Morgan fingerprint density at radius 1 is 1.25 bits per heavy atom. The molecule has 0 aliphatic carbocycles. The van der Waals surface area contributed by atoms with Gasteiger partial charge in [-0.3, -0.25) is 9.59 Å². The summed E-state index contributed by atoms with van der Waals surface area (Å²) in [6, 6.07) is 7.64. The molecule has 4 N–H and O–H groups in total. The average molecular weight is 299 g/mol. The van der Waals surface area contributed by atoms with E-state index in [2.05, 4.69) is 10.6 Å². The molecule has 2 amide bonds. The summed E-state index contributed by atoms with van der Waals surface area (Å²) >= 11 is 6.10. The van der Waals surface area contributed by atoms with E-state index >= 15 is 0 Å². The van der Waals surface area contributed by atoms with E-state index in [1.807, 2.05) is 43.4 Å². The van der Waals surface area contributed by atoms with Gasteiger partial charge in [-0.25, -0.2) is 0 Å². The van der Waals surface area contributed by atoms with E-state index < -0.39 is 0 Å². The molecule has 0 aromatic heterocycles. The first-order valence-electron chi connectivity index (χ1n) is 6.65. The largest absolute Gasteiger partial charge is 0.355 e. The van der Waals surface area contributed by atoms with E-state index in [1.165, 1.54) is 0 Å². The Kier molecular flexibility index (Phi) is 7.04. The lowest BCUT2D eigenvalue weighted by atomic mass is 10.1. The molecule has 20 heavy (non-hydrogen) atoms. The first-order valence-corrected chi connectivity index (χ1v) is 7.03. The van der Waals surface area contributed by atoms with Crippen molar-refractivity contribution in [1.29, 1.82) is 0 Å². The molecule has 5 nitrogen and oxygen atoms in total. The standard InChI is InChI=1S/C14H20ClN3O2/c1-3-16-13(19)9-18-14(20)8-17-10(2)11-6-4-5-7-12(11)15/h4-7,10,17H,3,8-9H2,1-2H3,(H,16,19)(H,18,20)/p+1/t10-/m1/s1. The van der Waals surface area contributed by atoms with Crippen molar-refractivity contribution in [3.63, 3.8) is 0 Å². The second-order valence-electron chi connectivity index (χ2n) is 4.48. The van der Waals surface area contributed by atoms with Gasteiger partial charge in [-0.05, 0) is 19.9 Å². The minimum absolute atomic E-state index is 0.0149. The number of likely N-dealkylation sites (N-methyl/N-ethyl adjacent to an activating group) is 1. The maximum absolute atomic E-state index is 11.6. The van der Waals surface area contributed by atoms with Crippen LogP contribution in [0.3, 0.4) is 0 Å². The number of carbonyl (C=O) groups is 2. The fraction of sp³-hybridized carbons (Fsp3) is 0.429. The molecule has 0 spiro atoms. The summed E-state index contributed by atoms with van der Waals surface area (Å²) in [6.07, 6.45) is 0. The molecule has 1 rings (SSSR count). The first-order chi connectivity index (χ1) is 9.54. The van der Waals surface area contributed by atoms with E-state index in [9.17, 15) is 9.59 Å². The summed E-state index contributed by atoms with van der Waals surface area (Å²) in [7, 11) is 0. The number of hydrogen-bond acceptors (Lipinski definition) is 2. The predicted molar refractivity (Wildman–Crippen MR) is 78.4 cm³/mol. The number of halogens is 1. The van der Waals surface area contributed by atoms with Crippen molar-refractivity contribution >= 4 is 23.4 Å². The predicted octanol–water partition coefficient (Wildman–Crippen LogP) is 0.217. The van der Waals surface area contributed by atoms with E-state index in [-0.39, 0.29) is 30.9 Å². The van der Waals surface area contributed by atoms with Crippen molar-refractivity contribution in [3.05, 3.63) is 34.9 Å². The fourth-order valence-corrected chi connectivity index (χ4v) is 2.07. The maximum atomic E-state index is 11.6. The van der Waals surface area contributed by atoms with Gasteiger partial charge in [0, 0.05) is 17.1 Å². The summed E-state index contributed by atoms with van der Waals surface area (Å²) in [6.45, 7) is 4.65. The molecular weight excluding hydrogens is 278 g/mol. The normalized spacial score (nSPS) is 11.8. The second-order valence-corrected chi connectivity index (χ2v) is 4.89. The van der Waals surface area contributed by atoms with Crippen LogP contribution in [0.5, 0.6) is 0 Å². The number of amides is 2. The molecule has 0 saturated carbocycles. The molecule has 0 aliphatic heterocycles. The van der Waals surface area contributed by atoms with E-state index in [0.29, 0.717) is 11.6 Å². The number of hydrogen-bond donors (Lipinski definition) is 3. The zero-order valence-electron chi connectivity index (χ0n) is 11.8. The highest BCUT2D eigenvalue weighted by molar-refractivity contribution is 6.31. The van der Waals surface area contributed by atoms with Crippen LogP contribution in [0.1, 0.15) is 25.5 Å². The number of rotatable bonds is 7. The van der Waals surface area contributed by atoms with Crippen LogP contribution in [0.2, 0.25) is 5.02 Å². The van der Waals surface area contributed by atoms with Gasteiger partial charge < -0.3 is 16.0 Å². The van der Waals surface area contributed by atoms with Gasteiger partial charge in [-0.1, -0.05) is 29.8 Å². The molecule has 0 bridgehead atoms. The number of benzene rings is 1. The van der Waals surface area contributed by atoms with Crippen molar-refractivity contribution in [3.8, 4) is 0 Å². The van der Waals surface area contributed by atoms with E-state index in [1.54, 1.807) is 0 Å². The molecule has 1 aromatic rings. The molecule has 0 fully saturated rings. The summed E-state index contributed by atoms with van der Waals surface area (Å²) in [5, 5.41) is 7.77. The second kappa shape index (κ2) is 8.55. The highest BCUT2D eigenvalue weighted by Gasteiger charge is 2.14. The van der Waals surface area contributed by atoms with Crippen LogP contribution in [0.25, 0.3) is 0 Å². The van der Waals surface area contributed by atoms with Crippen molar-refractivity contribution in [2.24, 2.45) is 0 Å². The number of nitrogens with two attached hydrogens (primary N) is 1. The molecule has 0 unspecified atom stereocenters. The highest BCUT2D eigenvalue weighted by Crippen LogP contribution is 2.19. The average Bonchev–Trinajstić information content (AvgIpc) is 2.43. The molecule has 110 valence electrons. The highest BCUT2D eigenvalue weighted by atomic mass is 35.5. The van der Waals surface area contributed by atoms with Crippen LogP contribution in [0.4, 0.5) is 0 Å². The lowest BCUT2D eigenvalue weighted by Crippen LogP contribution is -2.87. The van der Waals surface area contributed by atoms with Crippen LogP contribution < -0.4 is 16.0 Å². The Bertz CT molecular complexity index is 465. The van der Waals surface area contributed by atoms with Crippen LogP contribution in [-0.4, -0.2) is 31.4 Å². The summed E-state index contributed by atoms with van der Waals surface area (Å²) < 4.78 is 0. The van der Waals surface area contributed by atoms with Gasteiger partial charge in [-0.15, -0.1) is 0 Å². The molecule has 0 radical (unpaired) electrons. The quantitative estimate of drug-likeness (QED) is 0.673. The maximum Gasteiger partial charge on any atom is 0.275 e. The van der Waals surface area contributed by atoms with Gasteiger partial charge in [-0.2, -0.15) is 0 Å². The number of quaternary nitrogens is 1. The topological polar surface area (TPSA) is 74.8 Å². The van der Waals surface area contributed by atoms with Gasteiger partial charge in [0.05, 0.1) is 6.54 Å². The fourth-order valence-electron chi connectivity index (χ4n) is 1.77. The molecule has 1 atom stereocenters. The molecule has 0 saturated heterocycles. The minimum atomic E-state index is -0.181. The van der Waals surface area contributed by atoms with Gasteiger partial charge in [0.25, 0.3) is 5.91 Å². The van der Waals surface area contributed by atoms with Gasteiger partial charge >= 0.3 is 0 Å². The molecule has 1 aromatic carbocycles. The SMILES string of the molecule is CCNC(=O)CNC(=O)C[NH2+][C@H](C)c1ccccc1Cl. The van der Waals surface area contributed by atoms with Gasteiger partial charge in [0.1, 0.15) is 6.04 Å². The van der Waals surface area contributed by atoms with Crippen molar-refractivity contribution < 1.29 is 14.9 Å². The monoisotopic (exact) mass is 298 g/mol. The third kappa shape index (κ3) is 5.59. The van der Waals surface area contributed by atoms with Crippen LogP contribution in [0, 0.1) is 0 Å². The first kappa shape index (κ1) is 16.5. The summed E-state index contributed by atoms with van der Waals surface area (Å²) in [4.78, 5) is 22.8. The van der Waals surface area contributed by atoms with Crippen molar-refractivity contribution in [2.45, 2.75) is 19.9 Å². The van der Waals surface area contributed by atoms with E-state index in [0.717, 1.165) is 5.56 Å². The van der Waals surface area contributed by atoms with Gasteiger partial charge in [0.15, 0.2) is 6.54 Å². The third-order valence-electron chi connectivity index (χ3n) is 2.87. The van der Waals surface area contributed by atoms with Crippen LogP contribution in [-0.2, 0) is 9.59 Å². The molecule has 0 aliphatic rings. The molecule has 6 heteroatoms. The van der Waals surface area contributed by atoms with E-state index in [4.69, 9.17) is 11.6 Å².